The lowest BCUT2D eigenvalue weighted by atomic mass is 10.2. The first-order valence-electron chi connectivity index (χ1n) is 3.10. The van der Waals surface area contributed by atoms with Crippen LogP contribution in [-0.2, 0) is 0 Å². The standard InChI is InChI=1S/C7H2ClF3N2/c8-5-3(7(10)11)2-13-4(1-12)6(5)9/h2,7H. The summed E-state index contributed by atoms with van der Waals surface area (Å²) in [6.07, 6.45) is -2.21. The van der Waals surface area contributed by atoms with Crippen LogP contribution in [-0.4, -0.2) is 4.98 Å². The Bertz CT molecular complexity index is 373. The highest BCUT2D eigenvalue weighted by molar-refractivity contribution is 6.31. The van der Waals surface area contributed by atoms with Crippen LogP contribution in [0.2, 0.25) is 5.02 Å². The zero-order valence-corrected chi connectivity index (χ0v) is 6.82. The summed E-state index contributed by atoms with van der Waals surface area (Å²) in [6, 6.07) is 1.39. The summed E-state index contributed by atoms with van der Waals surface area (Å²) in [5.41, 5.74) is -1.30. The molecule has 6 heteroatoms. The molecular weight excluding hydrogens is 205 g/mol. The van der Waals surface area contributed by atoms with E-state index in [1.165, 1.54) is 6.07 Å². The van der Waals surface area contributed by atoms with E-state index in [0.717, 1.165) is 0 Å². The van der Waals surface area contributed by atoms with Crippen molar-refractivity contribution in [1.29, 1.82) is 5.26 Å². The molecule has 2 nitrogen and oxygen atoms in total. The third-order valence-electron chi connectivity index (χ3n) is 1.33. The van der Waals surface area contributed by atoms with Gasteiger partial charge in [-0.05, 0) is 0 Å². The summed E-state index contributed by atoms with van der Waals surface area (Å²) in [7, 11) is 0. The van der Waals surface area contributed by atoms with Gasteiger partial charge in [-0.25, -0.2) is 18.2 Å². The van der Waals surface area contributed by atoms with Crippen molar-refractivity contribution in [1.82, 2.24) is 4.98 Å². The maximum Gasteiger partial charge on any atom is 0.266 e. The number of rotatable bonds is 1. The topological polar surface area (TPSA) is 36.7 Å². The Morgan fingerprint density at radius 2 is 2.15 bits per heavy atom. The van der Waals surface area contributed by atoms with Gasteiger partial charge < -0.3 is 0 Å². The third-order valence-corrected chi connectivity index (χ3v) is 1.71. The lowest BCUT2D eigenvalue weighted by Gasteiger charge is -2.02. The zero-order valence-electron chi connectivity index (χ0n) is 6.06. The van der Waals surface area contributed by atoms with Gasteiger partial charge in [0.25, 0.3) is 6.43 Å². The average Bonchev–Trinajstić information content (AvgIpc) is 2.09. The molecule has 0 saturated heterocycles. The molecule has 0 aliphatic carbocycles. The van der Waals surface area contributed by atoms with E-state index in [9.17, 15) is 13.2 Å². The fraction of sp³-hybridized carbons (Fsp3) is 0.143. The van der Waals surface area contributed by atoms with Crippen molar-refractivity contribution < 1.29 is 13.2 Å². The van der Waals surface area contributed by atoms with Crippen molar-refractivity contribution in [3.8, 4) is 6.07 Å². The molecule has 0 bridgehead atoms. The molecule has 1 aromatic heterocycles. The fourth-order valence-electron chi connectivity index (χ4n) is 0.708. The minimum Gasteiger partial charge on any atom is -0.242 e. The second kappa shape index (κ2) is 3.62. The van der Waals surface area contributed by atoms with Gasteiger partial charge in [-0.1, -0.05) is 11.6 Å². The summed E-state index contributed by atoms with van der Waals surface area (Å²) >= 11 is 5.23. The molecule has 0 saturated carbocycles. The number of aromatic nitrogens is 1. The highest BCUT2D eigenvalue weighted by Crippen LogP contribution is 2.28. The molecule has 0 aliphatic rings. The van der Waals surface area contributed by atoms with Crippen molar-refractivity contribution in [3.05, 3.63) is 28.3 Å². The molecule has 1 rings (SSSR count). The lowest BCUT2D eigenvalue weighted by molar-refractivity contribution is 0.150. The Morgan fingerprint density at radius 1 is 1.54 bits per heavy atom. The Morgan fingerprint density at radius 3 is 2.62 bits per heavy atom. The molecule has 0 aliphatic heterocycles. The number of pyridine rings is 1. The maximum absolute atomic E-state index is 12.9. The number of halogens is 4. The van der Waals surface area contributed by atoms with E-state index in [2.05, 4.69) is 4.98 Å². The molecule has 13 heavy (non-hydrogen) atoms. The van der Waals surface area contributed by atoms with Crippen LogP contribution in [0, 0.1) is 17.1 Å². The van der Waals surface area contributed by atoms with Crippen LogP contribution < -0.4 is 0 Å². The molecule has 0 N–H and O–H groups in total. The van der Waals surface area contributed by atoms with Gasteiger partial charge in [-0.15, -0.1) is 0 Å². The van der Waals surface area contributed by atoms with E-state index in [4.69, 9.17) is 16.9 Å². The molecule has 0 atom stereocenters. The van der Waals surface area contributed by atoms with Gasteiger partial charge in [-0.3, -0.25) is 0 Å². The first-order chi connectivity index (χ1) is 6.07. The number of hydrogen-bond donors (Lipinski definition) is 0. The second-order valence-corrected chi connectivity index (χ2v) is 2.48. The SMILES string of the molecule is N#Cc1ncc(C(F)F)c(Cl)c1F. The summed E-state index contributed by atoms with van der Waals surface area (Å²) in [6.45, 7) is 0. The first-order valence-corrected chi connectivity index (χ1v) is 3.48. The highest BCUT2D eigenvalue weighted by Gasteiger charge is 2.18. The molecular formula is C7H2ClF3N2. The second-order valence-electron chi connectivity index (χ2n) is 2.10. The van der Waals surface area contributed by atoms with Crippen LogP contribution in [0.5, 0.6) is 0 Å². The number of hydrogen-bond acceptors (Lipinski definition) is 2. The minimum atomic E-state index is -2.90. The van der Waals surface area contributed by atoms with Crippen molar-refractivity contribution in [3.63, 3.8) is 0 Å². The summed E-state index contributed by atoms with van der Waals surface area (Å²) in [5.74, 6) is -1.21. The first kappa shape index (κ1) is 9.81. The van der Waals surface area contributed by atoms with E-state index in [0.29, 0.717) is 6.20 Å². The smallest absolute Gasteiger partial charge is 0.242 e. The van der Waals surface area contributed by atoms with Gasteiger partial charge in [0.15, 0.2) is 11.5 Å². The molecule has 1 aromatic rings. The van der Waals surface area contributed by atoms with Crippen LogP contribution in [0.25, 0.3) is 0 Å². The van der Waals surface area contributed by atoms with Crippen molar-refractivity contribution in [2.75, 3.05) is 0 Å². The van der Waals surface area contributed by atoms with E-state index < -0.39 is 28.5 Å². The predicted molar refractivity (Wildman–Crippen MR) is 38.9 cm³/mol. The van der Waals surface area contributed by atoms with Crippen molar-refractivity contribution >= 4 is 11.6 Å². The Hall–Kier alpha value is -1.28. The molecule has 0 aromatic carbocycles. The van der Waals surface area contributed by atoms with Crippen LogP contribution in [0.1, 0.15) is 17.7 Å². The summed E-state index contributed by atoms with van der Waals surface area (Å²) in [4.78, 5) is 3.18. The number of nitrogens with zero attached hydrogens (tertiary/aromatic N) is 2. The predicted octanol–water partition coefficient (Wildman–Crippen LogP) is 2.68. The van der Waals surface area contributed by atoms with Crippen LogP contribution >= 0.6 is 11.6 Å². The summed E-state index contributed by atoms with van der Waals surface area (Å²) < 4.78 is 37.0. The third kappa shape index (κ3) is 1.73. The van der Waals surface area contributed by atoms with Crippen molar-refractivity contribution in [2.45, 2.75) is 6.43 Å². The molecule has 68 valence electrons. The maximum atomic E-state index is 12.9. The van der Waals surface area contributed by atoms with E-state index in [1.807, 2.05) is 0 Å². The zero-order chi connectivity index (χ0) is 10.0. The monoisotopic (exact) mass is 206 g/mol. The van der Waals surface area contributed by atoms with Gasteiger partial charge in [0.1, 0.15) is 6.07 Å². The van der Waals surface area contributed by atoms with Crippen molar-refractivity contribution in [2.24, 2.45) is 0 Å². The highest BCUT2D eigenvalue weighted by atomic mass is 35.5. The minimum absolute atomic E-state index is 0.589. The van der Waals surface area contributed by atoms with E-state index >= 15 is 0 Å². The van der Waals surface area contributed by atoms with Gasteiger partial charge in [0.05, 0.1) is 10.6 Å². The van der Waals surface area contributed by atoms with Gasteiger partial charge in [0, 0.05) is 6.20 Å². The Balaban J connectivity index is 3.33. The van der Waals surface area contributed by atoms with Crippen LogP contribution in [0.3, 0.4) is 0 Å². The Kier molecular flexibility index (Phi) is 2.73. The fourth-order valence-corrected chi connectivity index (χ4v) is 0.929. The largest absolute Gasteiger partial charge is 0.266 e. The summed E-state index contributed by atoms with van der Waals surface area (Å²) in [5, 5.41) is 7.53. The van der Waals surface area contributed by atoms with Gasteiger partial charge in [-0.2, -0.15) is 5.26 Å². The van der Waals surface area contributed by atoms with E-state index in [1.54, 1.807) is 0 Å². The molecule has 0 spiro atoms. The quantitative estimate of drug-likeness (QED) is 0.708. The molecule has 0 unspecified atom stereocenters. The van der Waals surface area contributed by atoms with Gasteiger partial charge in [0.2, 0.25) is 0 Å². The van der Waals surface area contributed by atoms with Crippen LogP contribution in [0.4, 0.5) is 13.2 Å². The Labute approximate surface area is 76.6 Å². The lowest BCUT2D eigenvalue weighted by Crippen LogP contribution is -1.96. The van der Waals surface area contributed by atoms with Gasteiger partial charge >= 0.3 is 0 Å². The molecule has 1 heterocycles. The number of alkyl halides is 2. The number of nitriles is 1. The van der Waals surface area contributed by atoms with Crippen LogP contribution in [0.15, 0.2) is 6.20 Å². The molecule has 0 radical (unpaired) electrons. The van der Waals surface area contributed by atoms with E-state index in [-0.39, 0.29) is 0 Å². The normalized spacial score (nSPS) is 10.2. The molecule has 0 amide bonds. The molecule has 0 fully saturated rings. The average molecular weight is 207 g/mol.